The van der Waals surface area contributed by atoms with Crippen molar-refractivity contribution in [2.75, 3.05) is 0 Å². The van der Waals surface area contributed by atoms with Crippen molar-refractivity contribution in [3.05, 3.63) is 92.0 Å². The second-order valence-corrected chi connectivity index (χ2v) is 6.13. The van der Waals surface area contributed by atoms with Gasteiger partial charge in [-0.15, -0.1) is 0 Å². The normalized spacial score (nSPS) is 12.9. The van der Waals surface area contributed by atoms with Crippen LogP contribution >= 0.6 is 0 Å². The number of amides is 2. The molecule has 0 fully saturated rings. The van der Waals surface area contributed by atoms with E-state index >= 15 is 0 Å². The van der Waals surface area contributed by atoms with Crippen molar-refractivity contribution in [2.24, 2.45) is 0 Å². The average molecular weight is 376 g/mol. The molecule has 0 saturated carbocycles. The van der Waals surface area contributed by atoms with Crippen LogP contribution in [-0.4, -0.2) is 31.6 Å². The molecule has 3 aromatic rings. The van der Waals surface area contributed by atoms with Gasteiger partial charge in [-0.2, -0.15) is 4.98 Å². The number of non-ortho nitro benzene ring substituents is 1. The maximum absolute atomic E-state index is 12.9. The largest absolute Gasteiger partial charge is 0.346 e. The molecular formula is C19H12N4O5. The Morgan fingerprint density at radius 2 is 1.64 bits per heavy atom. The highest BCUT2D eigenvalue weighted by Crippen LogP contribution is 2.30. The van der Waals surface area contributed by atoms with Crippen molar-refractivity contribution in [3.63, 3.8) is 0 Å². The van der Waals surface area contributed by atoms with Crippen LogP contribution in [0.3, 0.4) is 0 Å². The molecule has 1 N–H and O–H groups in total. The van der Waals surface area contributed by atoms with E-state index < -0.39 is 22.4 Å². The first-order valence-electron chi connectivity index (χ1n) is 8.25. The fraction of sp³-hybridized carbons (Fsp3) is 0.0526. The van der Waals surface area contributed by atoms with Gasteiger partial charge in [0.25, 0.3) is 17.5 Å². The predicted molar refractivity (Wildman–Crippen MR) is 97.6 cm³/mol. The van der Waals surface area contributed by atoms with Gasteiger partial charge in [-0.3, -0.25) is 24.6 Å². The smallest absolute Gasteiger partial charge is 0.300 e. The molecule has 9 heteroatoms. The maximum Gasteiger partial charge on any atom is 0.346 e. The fourth-order valence-corrected chi connectivity index (χ4v) is 3.06. The summed E-state index contributed by atoms with van der Waals surface area (Å²) < 4.78 is 0. The summed E-state index contributed by atoms with van der Waals surface area (Å²) in [6.45, 7) is -0.0827. The standard InChI is InChI=1S/C19H12N4O5/c24-17-14-15(12-4-2-1-3-5-12)20-19(26)21-16(14)18(25)22(17)10-11-6-8-13(9-7-11)23(27)28/h1-9H,10H2,(H,20,21,26). The molecule has 0 radical (unpaired) electrons. The van der Waals surface area contributed by atoms with E-state index in [4.69, 9.17) is 0 Å². The summed E-state index contributed by atoms with van der Waals surface area (Å²) >= 11 is 0. The van der Waals surface area contributed by atoms with Gasteiger partial charge >= 0.3 is 5.69 Å². The fourth-order valence-electron chi connectivity index (χ4n) is 3.06. The molecular weight excluding hydrogens is 364 g/mol. The summed E-state index contributed by atoms with van der Waals surface area (Å²) in [7, 11) is 0. The predicted octanol–water partition coefficient (Wildman–Crippen LogP) is 2.14. The summed E-state index contributed by atoms with van der Waals surface area (Å²) in [4.78, 5) is 55.0. The minimum absolute atomic E-state index is 0.0395. The number of nitrogens with zero attached hydrogens (tertiary/aromatic N) is 3. The lowest BCUT2D eigenvalue weighted by atomic mass is 10.1. The minimum Gasteiger partial charge on any atom is -0.300 e. The first-order valence-corrected chi connectivity index (χ1v) is 8.25. The van der Waals surface area contributed by atoms with Crippen molar-refractivity contribution in [2.45, 2.75) is 6.54 Å². The number of rotatable bonds is 4. The number of aromatic nitrogens is 2. The van der Waals surface area contributed by atoms with Gasteiger partial charge in [0.05, 0.1) is 22.7 Å². The molecule has 0 bridgehead atoms. The molecule has 0 aliphatic carbocycles. The highest BCUT2D eigenvalue weighted by Gasteiger charge is 2.39. The van der Waals surface area contributed by atoms with Crippen LogP contribution in [0.25, 0.3) is 11.3 Å². The molecule has 0 atom stereocenters. The van der Waals surface area contributed by atoms with Crippen LogP contribution in [-0.2, 0) is 6.54 Å². The number of nitrogens with one attached hydrogen (secondary N) is 1. The van der Waals surface area contributed by atoms with Crippen LogP contribution in [0.5, 0.6) is 0 Å². The van der Waals surface area contributed by atoms with Crippen LogP contribution in [0.2, 0.25) is 0 Å². The Balaban J connectivity index is 1.73. The Morgan fingerprint density at radius 3 is 2.29 bits per heavy atom. The van der Waals surface area contributed by atoms with Crippen LogP contribution in [0, 0.1) is 10.1 Å². The summed E-state index contributed by atoms with van der Waals surface area (Å²) in [5.41, 5.74) is 0.342. The number of nitro groups is 1. The summed E-state index contributed by atoms with van der Waals surface area (Å²) in [5.74, 6) is -1.23. The van der Waals surface area contributed by atoms with Gasteiger partial charge in [0.1, 0.15) is 5.69 Å². The Hall–Kier alpha value is -4.14. The number of imide groups is 1. The van der Waals surface area contributed by atoms with Crippen molar-refractivity contribution in [1.29, 1.82) is 0 Å². The van der Waals surface area contributed by atoms with Crippen molar-refractivity contribution >= 4 is 17.5 Å². The first kappa shape index (κ1) is 17.3. The van der Waals surface area contributed by atoms with E-state index in [-0.39, 0.29) is 29.2 Å². The highest BCUT2D eigenvalue weighted by atomic mass is 16.6. The molecule has 138 valence electrons. The zero-order valence-corrected chi connectivity index (χ0v) is 14.3. The van der Waals surface area contributed by atoms with E-state index in [1.165, 1.54) is 24.3 Å². The second-order valence-electron chi connectivity index (χ2n) is 6.13. The van der Waals surface area contributed by atoms with E-state index in [2.05, 4.69) is 9.97 Å². The van der Waals surface area contributed by atoms with E-state index in [9.17, 15) is 24.5 Å². The zero-order chi connectivity index (χ0) is 19.8. The van der Waals surface area contributed by atoms with Crippen molar-refractivity contribution in [3.8, 4) is 11.3 Å². The Labute approximate surface area is 157 Å². The second kappa shape index (κ2) is 6.54. The van der Waals surface area contributed by atoms with Gasteiger partial charge in [-0.05, 0) is 5.56 Å². The quantitative estimate of drug-likeness (QED) is 0.422. The SMILES string of the molecule is O=C1c2[nH]c(=O)nc(-c3ccccc3)c2C(=O)N1Cc1ccc([N+](=O)[O-])cc1. The summed E-state index contributed by atoms with van der Waals surface area (Å²) in [6.07, 6.45) is 0. The topological polar surface area (TPSA) is 126 Å². The number of hydrogen-bond acceptors (Lipinski definition) is 6. The molecule has 1 aliphatic heterocycles. The summed E-state index contributed by atoms with van der Waals surface area (Å²) in [5, 5.41) is 10.8. The van der Waals surface area contributed by atoms with Crippen molar-refractivity contribution < 1.29 is 14.5 Å². The van der Waals surface area contributed by atoms with Crippen LogP contribution in [0.15, 0.2) is 59.4 Å². The number of aromatic amines is 1. The number of nitro benzene ring substituents is 1. The van der Waals surface area contributed by atoms with Crippen LogP contribution < -0.4 is 5.69 Å². The van der Waals surface area contributed by atoms with E-state index in [1.807, 2.05) is 0 Å². The van der Waals surface area contributed by atoms with Crippen LogP contribution in [0.1, 0.15) is 26.4 Å². The van der Waals surface area contributed by atoms with Gasteiger partial charge in [0.2, 0.25) is 0 Å². The number of benzene rings is 2. The summed E-state index contributed by atoms with van der Waals surface area (Å²) in [6, 6.07) is 14.2. The first-order chi connectivity index (χ1) is 13.5. The minimum atomic E-state index is -0.726. The molecule has 2 heterocycles. The lowest BCUT2D eigenvalue weighted by Gasteiger charge is -2.13. The molecule has 0 spiro atoms. The molecule has 2 aromatic carbocycles. The van der Waals surface area contributed by atoms with Gasteiger partial charge in [0, 0.05) is 17.7 Å². The Kier molecular flexibility index (Phi) is 4.04. The number of H-pyrrole nitrogens is 1. The van der Waals surface area contributed by atoms with Crippen molar-refractivity contribution in [1.82, 2.24) is 14.9 Å². The molecule has 4 rings (SSSR count). The number of hydrogen-bond donors (Lipinski definition) is 1. The third-order valence-corrected chi connectivity index (χ3v) is 4.39. The highest BCUT2D eigenvalue weighted by molar-refractivity contribution is 6.22. The molecule has 1 aromatic heterocycles. The molecule has 0 saturated heterocycles. The zero-order valence-electron chi connectivity index (χ0n) is 14.3. The van der Waals surface area contributed by atoms with E-state index in [1.54, 1.807) is 30.3 Å². The van der Waals surface area contributed by atoms with Crippen LogP contribution in [0.4, 0.5) is 5.69 Å². The number of carbonyl (C=O) groups excluding carboxylic acids is 2. The van der Waals surface area contributed by atoms with Gasteiger partial charge in [-0.1, -0.05) is 42.5 Å². The van der Waals surface area contributed by atoms with E-state index in [0.717, 1.165) is 4.90 Å². The van der Waals surface area contributed by atoms with Gasteiger partial charge in [0.15, 0.2) is 0 Å². The molecule has 0 unspecified atom stereocenters. The molecule has 2 amide bonds. The lowest BCUT2D eigenvalue weighted by Crippen LogP contribution is -2.29. The monoisotopic (exact) mass is 376 g/mol. The molecule has 9 nitrogen and oxygen atoms in total. The Bertz CT molecular complexity index is 1170. The number of fused-ring (bicyclic) bond motifs is 1. The van der Waals surface area contributed by atoms with Gasteiger partial charge in [-0.25, -0.2) is 4.79 Å². The lowest BCUT2D eigenvalue weighted by molar-refractivity contribution is -0.384. The molecule has 28 heavy (non-hydrogen) atoms. The van der Waals surface area contributed by atoms with E-state index in [0.29, 0.717) is 11.1 Å². The average Bonchev–Trinajstić information content (AvgIpc) is 2.93. The van der Waals surface area contributed by atoms with Gasteiger partial charge < -0.3 is 4.98 Å². The number of carbonyl (C=O) groups is 2. The Morgan fingerprint density at radius 1 is 0.964 bits per heavy atom. The third kappa shape index (κ3) is 2.84. The molecule has 1 aliphatic rings. The third-order valence-electron chi connectivity index (χ3n) is 4.39. The maximum atomic E-state index is 12.9.